The van der Waals surface area contributed by atoms with Gasteiger partial charge in [0, 0.05) is 38.7 Å². The molecule has 6 nitrogen and oxygen atoms in total. The summed E-state index contributed by atoms with van der Waals surface area (Å²) < 4.78 is 2.26. The van der Waals surface area contributed by atoms with E-state index >= 15 is 0 Å². The monoisotopic (exact) mass is 523 g/mol. The van der Waals surface area contributed by atoms with E-state index in [0.29, 0.717) is 27.8 Å². The van der Waals surface area contributed by atoms with Crippen molar-refractivity contribution in [3.63, 3.8) is 0 Å². The molecule has 1 saturated carbocycles. The molecule has 1 aliphatic carbocycles. The number of rotatable bonds is 5. The predicted octanol–water partition coefficient (Wildman–Crippen LogP) is 7.97. The number of halogens is 1. The summed E-state index contributed by atoms with van der Waals surface area (Å²) in [7, 11) is 0. The van der Waals surface area contributed by atoms with Crippen LogP contribution in [0.3, 0.4) is 0 Å². The van der Waals surface area contributed by atoms with Crippen molar-refractivity contribution in [3.8, 4) is 11.4 Å². The SMILES string of the molecule is O=C(O)c1ccc2c(c1)nc(-c1ccc(C(=O)Nc3ccc(Cl)c4ccccc34)cc1)n2C1CCCCC1. The molecular formula is C31H26ClN3O3. The maximum atomic E-state index is 13.1. The first-order valence-corrected chi connectivity index (χ1v) is 13.2. The lowest BCUT2D eigenvalue weighted by Gasteiger charge is -2.25. The second-order valence-corrected chi connectivity index (χ2v) is 10.2. The van der Waals surface area contributed by atoms with Crippen LogP contribution in [0.15, 0.2) is 78.9 Å². The largest absolute Gasteiger partial charge is 0.478 e. The summed E-state index contributed by atoms with van der Waals surface area (Å²) in [5, 5.41) is 14.9. The van der Waals surface area contributed by atoms with Crippen molar-refractivity contribution in [1.29, 1.82) is 0 Å². The standard InChI is InChI=1S/C31H26ClN3O3/c32-25-15-16-26(24-9-5-4-8-23(24)25)34-30(36)20-12-10-19(11-13-20)29-33-27-18-21(31(37)38)14-17-28(27)35(29)22-6-2-1-3-7-22/h4-5,8-18,22H,1-3,6-7H2,(H,34,36)(H,37,38). The highest BCUT2D eigenvalue weighted by atomic mass is 35.5. The molecule has 0 atom stereocenters. The zero-order chi connectivity index (χ0) is 26.2. The number of benzene rings is 4. The molecule has 0 spiro atoms. The Hall–Kier alpha value is -4.16. The number of carbonyl (C=O) groups excluding carboxylic acids is 1. The second-order valence-electron chi connectivity index (χ2n) is 9.78. The van der Waals surface area contributed by atoms with E-state index in [0.717, 1.165) is 53.4 Å². The van der Waals surface area contributed by atoms with Crippen molar-refractivity contribution < 1.29 is 14.7 Å². The molecule has 7 heteroatoms. The van der Waals surface area contributed by atoms with E-state index in [2.05, 4.69) is 9.88 Å². The minimum Gasteiger partial charge on any atom is -0.478 e. The smallest absolute Gasteiger partial charge is 0.335 e. The topological polar surface area (TPSA) is 84.2 Å². The first-order chi connectivity index (χ1) is 18.5. The Morgan fingerprint density at radius 2 is 1.58 bits per heavy atom. The summed E-state index contributed by atoms with van der Waals surface area (Å²) in [6.45, 7) is 0. The molecule has 1 aliphatic rings. The summed E-state index contributed by atoms with van der Waals surface area (Å²) in [6.07, 6.45) is 5.68. The fourth-order valence-electron chi connectivity index (χ4n) is 5.48. The number of anilines is 1. The van der Waals surface area contributed by atoms with Crippen LogP contribution in [0, 0.1) is 0 Å². The Kier molecular flexibility index (Phi) is 6.34. The molecule has 1 amide bonds. The molecular weight excluding hydrogens is 498 g/mol. The molecule has 1 heterocycles. The number of aromatic carboxylic acids is 1. The molecule has 1 aromatic heterocycles. The van der Waals surface area contributed by atoms with Gasteiger partial charge in [0.25, 0.3) is 5.91 Å². The van der Waals surface area contributed by atoms with Crippen LogP contribution in [0.4, 0.5) is 5.69 Å². The first kappa shape index (κ1) is 24.2. The van der Waals surface area contributed by atoms with Crippen LogP contribution < -0.4 is 5.32 Å². The number of imidazole rings is 1. The van der Waals surface area contributed by atoms with Gasteiger partial charge in [-0.3, -0.25) is 4.79 Å². The van der Waals surface area contributed by atoms with Gasteiger partial charge in [-0.05, 0) is 55.3 Å². The minimum absolute atomic E-state index is 0.212. The van der Waals surface area contributed by atoms with Gasteiger partial charge in [0.1, 0.15) is 5.82 Å². The van der Waals surface area contributed by atoms with Crippen molar-refractivity contribution in [2.24, 2.45) is 0 Å². The summed E-state index contributed by atoms with van der Waals surface area (Å²) in [5.41, 5.74) is 3.94. The molecule has 190 valence electrons. The molecule has 6 rings (SSSR count). The first-order valence-electron chi connectivity index (χ1n) is 12.8. The van der Waals surface area contributed by atoms with Gasteiger partial charge in [-0.2, -0.15) is 0 Å². The fourth-order valence-corrected chi connectivity index (χ4v) is 5.71. The molecule has 0 saturated heterocycles. The Morgan fingerprint density at radius 3 is 2.32 bits per heavy atom. The van der Waals surface area contributed by atoms with E-state index in [1.165, 1.54) is 6.42 Å². The average Bonchev–Trinajstić information content (AvgIpc) is 3.34. The van der Waals surface area contributed by atoms with E-state index in [-0.39, 0.29) is 11.5 Å². The Labute approximate surface area is 224 Å². The fraction of sp³-hybridized carbons (Fsp3) is 0.194. The quantitative estimate of drug-likeness (QED) is 0.244. The maximum absolute atomic E-state index is 13.1. The Bertz CT molecular complexity index is 1680. The number of nitrogens with one attached hydrogen (secondary N) is 1. The van der Waals surface area contributed by atoms with E-state index < -0.39 is 5.97 Å². The van der Waals surface area contributed by atoms with Crippen molar-refractivity contribution in [3.05, 3.63) is 95.0 Å². The van der Waals surface area contributed by atoms with Crippen LogP contribution in [-0.2, 0) is 0 Å². The van der Waals surface area contributed by atoms with Crippen LogP contribution in [-0.4, -0.2) is 26.5 Å². The number of carboxylic acid groups (broad SMARTS) is 1. The van der Waals surface area contributed by atoms with E-state index in [1.54, 1.807) is 30.3 Å². The van der Waals surface area contributed by atoms with Crippen molar-refractivity contribution in [1.82, 2.24) is 9.55 Å². The van der Waals surface area contributed by atoms with Gasteiger partial charge in [-0.1, -0.05) is 67.3 Å². The van der Waals surface area contributed by atoms with Crippen LogP contribution in [0.5, 0.6) is 0 Å². The molecule has 2 N–H and O–H groups in total. The number of nitrogens with zero attached hydrogens (tertiary/aromatic N) is 2. The van der Waals surface area contributed by atoms with Gasteiger partial charge in [0.15, 0.2) is 0 Å². The minimum atomic E-state index is -0.968. The lowest BCUT2D eigenvalue weighted by atomic mass is 9.94. The third-order valence-electron chi connectivity index (χ3n) is 7.40. The number of fused-ring (bicyclic) bond motifs is 2. The predicted molar refractivity (Wildman–Crippen MR) is 151 cm³/mol. The molecule has 38 heavy (non-hydrogen) atoms. The van der Waals surface area contributed by atoms with Crippen molar-refractivity contribution in [2.45, 2.75) is 38.1 Å². The third kappa shape index (κ3) is 4.41. The number of hydrogen-bond donors (Lipinski definition) is 2. The Morgan fingerprint density at radius 1 is 0.868 bits per heavy atom. The molecule has 0 aliphatic heterocycles. The van der Waals surface area contributed by atoms with Crippen LogP contribution >= 0.6 is 11.6 Å². The summed E-state index contributed by atoms with van der Waals surface area (Å²) in [6, 6.07) is 24.2. The molecule has 0 bridgehead atoms. The summed E-state index contributed by atoms with van der Waals surface area (Å²) >= 11 is 6.33. The van der Waals surface area contributed by atoms with Gasteiger partial charge in [0.05, 0.1) is 16.6 Å². The molecule has 1 fully saturated rings. The molecule has 0 unspecified atom stereocenters. The van der Waals surface area contributed by atoms with Gasteiger partial charge in [0.2, 0.25) is 0 Å². The molecule has 4 aromatic carbocycles. The van der Waals surface area contributed by atoms with Crippen LogP contribution in [0.2, 0.25) is 5.02 Å². The zero-order valence-corrected chi connectivity index (χ0v) is 21.4. The van der Waals surface area contributed by atoms with Crippen LogP contribution in [0.1, 0.15) is 58.9 Å². The van der Waals surface area contributed by atoms with Gasteiger partial charge < -0.3 is 15.0 Å². The highest BCUT2D eigenvalue weighted by molar-refractivity contribution is 6.36. The molecule has 0 radical (unpaired) electrons. The van der Waals surface area contributed by atoms with E-state index in [1.807, 2.05) is 48.5 Å². The number of aromatic nitrogens is 2. The van der Waals surface area contributed by atoms with Gasteiger partial charge >= 0.3 is 5.97 Å². The number of carbonyl (C=O) groups is 2. The van der Waals surface area contributed by atoms with Crippen molar-refractivity contribution >= 4 is 51.0 Å². The summed E-state index contributed by atoms with van der Waals surface area (Å²) in [4.78, 5) is 29.5. The summed E-state index contributed by atoms with van der Waals surface area (Å²) in [5.74, 6) is -0.384. The van der Waals surface area contributed by atoms with E-state index in [9.17, 15) is 14.7 Å². The van der Waals surface area contributed by atoms with Gasteiger partial charge in [-0.25, -0.2) is 9.78 Å². The normalized spacial score (nSPS) is 14.1. The average molecular weight is 524 g/mol. The zero-order valence-electron chi connectivity index (χ0n) is 20.7. The lowest BCUT2D eigenvalue weighted by Crippen LogP contribution is -2.14. The molecule has 5 aromatic rings. The lowest BCUT2D eigenvalue weighted by molar-refractivity contribution is 0.0696. The van der Waals surface area contributed by atoms with E-state index in [4.69, 9.17) is 16.6 Å². The second kappa shape index (κ2) is 9.95. The Balaban J connectivity index is 1.34. The maximum Gasteiger partial charge on any atom is 0.335 e. The third-order valence-corrected chi connectivity index (χ3v) is 7.73. The number of hydrogen-bond acceptors (Lipinski definition) is 3. The van der Waals surface area contributed by atoms with Crippen LogP contribution in [0.25, 0.3) is 33.2 Å². The highest BCUT2D eigenvalue weighted by Crippen LogP contribution is 2.36. The van der Waals surface area contributed by atoms with Crippen molar-refractivity contribution in [2.75, 3.05) is 5.32 Å². The number of amides is 1. The highest BCUT2D eigenvalue weighted by Gasteiger charge is 2.23. The van der Waals surface area contributed by atoms with Gasteiger partial charge in [-0.15, -0.1) is 0 Å². The number of carboxylic acids is 1.